The minimum absolute atomic E-state index is 0.0890. The average Bonchev–Trinajstić information content (AvgIpc) is 2.46. The van der Waals surface area contributed by atoms with E-state index in [1.807, 2.05) is 30.3 Å². The van der Waals surface area contributed by atoms with E-state index < -0.39 is 0 Å². The first-order chi connectivity index (χ1) is 8.81. The minimum Gasteiger partial charge on any atom is -0.264 e. The van der Waals surface area contributed by atoms with Gasteiger partial charge in [0, 0.05) is 12.4 Å². The van der Waals surface area contributed by atoms with Gasteiger partial charge in [0.1, 0.15) is 0 Å². The Balaban J connectivity index is 2.11. The highest BCUT2D eigenvalue weighted by Gasteiger charge is 2.15. The van der Waals surface area contributed by atoms with E-state index in [0.717, 1.165) is 12.0 Å². The summed E-state index contributed by atoms with van der Waals surface area (Å²) in [5.74, 6) is 0.282. The Morgan fingerprint density at radius 1 is 1.11 bits per heavy atom. The molecule has 90 valence electrons. The van der Waals surface area contributed by atoms with Gasteiger partial charge in [0.15, 0.2) is 0 Å². The third-order valence-corrected chi connectivity index (χ3v) is 3.20. The molecule has 2 rings (SSSR count). The van der Waals surface area contributed by atoms with E-state index in [1.165, 1.54) is 5.56 Å². The van der Waals surface area contributed by atoms with Crippen LogP contribution in [0.3, 0.4) is 0 Å². The summed E-state index contributed by atoms with van der Waals surface area (Å²) >= 11 is 0. The molecule has 1 aromatic carbocycles. The van der Waals surface area contributed by atoms with E-state index in [0.29, 0.717) is 5.92 Å². The number of benzene rings is 1. The molecule has 0 saturated heterocycles. The van der Waals surface area contributed by atoms with Crippen LogP contribution in [0.5, 0.6) is 0 Å². The van der Waals surface area contributed by atoms with Crippen molar-refractivity contribution >= 4 is 0 Å². The zero-order valence-electron chi connectivity index (χ0n) is 10.5. The lowest BCUT2D eigenvalue weighted by atomic mass is 9.87. The van der Waals surface area contributed by atoms with E-state index in [1.54, 1.807) is 12.4 Å². The highest BCUT2D eigenvalue weighted by molar-refractivity contribution is 5.25. The van der Waals surface area contributed by atoms with Crippen LogP contribution in [-0.2, 0) is 0 Å². The smallest absolute Gasteiger partial charge is 0.0733 e. The van der Waals surface area contributed by atoms with Crippen molar-refractivity contribution in [3.05, 3.63) is 66.0 Å². The Morgan fingerprint density at radius 3 is 2.44 bits per heavy atom. The number of nitrogens with zero attached hydrogens (tertiary/aromatic N) is 2. The molecule has 2 heteroatoms. The first kappa shape index (κ1) is 12.3. The molecule has 18 heavy (non-hydrogen) atoms. The second-order valence-corrected chi connectivity index (χ2v) is 4.52. The van der Waals surface area contributed by atoms with E-state index >= 15 is 0 Å². The van der Waals surface area contributed by atoms with Gasteiger partial charge in [-0.15, -0.1) is 0 Å². The van der Waals surface area contributed by atoms with Gasteiger partial charge in [-0.1, -0.05) is 43.3 Å². The predicted molar refractivity (Wildman–Crippen MR) is 72.1 cm³/mol. The van der Waals surface area contributed by atoms with Crippen LogP contribution in [0.25, 0.3) is 0 Å². The number of hydrogen-bond donors (Lipinski definition) is 0. The van der Waals surface area contributed by atoms with Crippen LogP contribution in [-0.4, -0.2) is 4.98 Å². The monoisotopic (exact) mass is 236 g/mol. The van der Waals surface area contributed by atoms with E-state index in [-0.39, 0.29) is 5.92 Å². The lowest BCUT2D eigenvalue weighted by molar-refractivity contribution is 0.634. The molecule has 0 bridgehead atoms. The Morgan fingerprint density at radius 2 is 1.83 bits per heavy atom. The van der Waals surface area contributed by atoms with E-state index in [9.17, 15) is 5.26 Å². The second kappa shape index (κ2) is 5.97. The van der Waals surface area contributed by atoms with Crippen molar-refractivity contribution in [2.24, 2.45) is 0 Å². The summed E-state index contributed by atoms with van der Waals surface area (Å²) in [6.07, 6.45) is 4.34. The average molecular weight is 236 g/mol. The molecule has 0 aliphatic carbocycles. The Labute approximate surface area is 108 Å². The second-order valence-electron chi connectivity index (χ2n) is 4.52. The Kier molecular flexibility index (Phi) is 4.09. The maximum absolute atomic E-state index is 9.30. The molecule has 0 fully saturated rings. The van der Waals surface area contributed by atoms with Gasteiger partial charge in [-0.05, 0) is 29.5 Å². The molecule has 0 saturated carbocycles. The lowest BCUT2D eigenvalue weighted by Crippen LogP contribution is -2.02. The Bertz CT molecular complexity index is 514. The van der Waals surface area contributed by atoms with Crippen molar-refractivity contribution in [2.75, 3.05) is 0 Å². The molecule has 0 radical (unpaired) electrons. The molecule has 1 heterocycles. The summed E-state index contributed by atoms with van der Waals surface area (Å²) < 4.78 is 0. The maximum atomic E-state index is 9.30. The molecule has 2 atom stereocenters. The molecule has 0 spiro atoms. The molecule has 0 unspecified atom stereocenters. The summed E-state index contributed by atoms with van der Waals surface area (Å²) in [4.78, 5) is 4.08. The first-order valence-corrected chi connectivity index (χ1v) is 6.15. The van der Waals surface area contributed by atoms with Crippen LogP contribution in [0.15, 0.2) is 54.9 Å². The highest BCUT2D eigenvalue weighted by Crippen LogP contribution is 2.28. The van der Waals surface area contributed by atoms with Gasteiger partial charge >= 0.3 is 0 Å². The Hall–Kier alpha value is -2.14. The largest absolute Gasteiger partial charge is 0.264 e. The van der Waals surface area contributed by atoms with Crippen LogP contribution >= 0.6 is 0 Å². The van der Waals surface area contributed by atoms with Crippen LogP contribution in [0.1, 0.15) is 36.3 Å². The maximum Gasteiger partial charge on any atom is 0.0733 e. The first-order valence-electron chi connectivity index (χ1n) is 6.15. The van der Waals surface area contributed by atoms with Crippen molar-refractivity contribution in [1.82, 2.24) is 4.98 Å². The van der Waals surface area contributed by atoms with Crippen LogP contribution in [0.2, 0.25) is 0 Å². The van der Waals surface area contributed by atoms with Crippen molar-refractivity contribution in [3.8, 4) is 6.07 Å². The molecule has 1 aromatic heterocycles. The molecule has 2 aromatic rings. The van der Waals surface area contributed by atoms with Gasteiger partial charge in [-0.2, -0.15) is 5.26 Å². The fourth-order valence-electron chi connectivity index (χ4n) is 2.12. The predicted octanol–water partition coefficient (Wildman–Crippen LogP) is 3.88. The molecule has 0 aliphatic heterocycles. The lowest BCUT2D eigenvalue weighted by Gasteiger charge is -2.15. The van der Waals surface area contributed by atoms with Crippen LogP contribution < -0.4 is 0 Å². The summed E-state index contributed by atoms with van der Waals surface area (Å²) in [7, 11) is 0. The summed E-state index contributed by atoms with van der Waals surface area (Å²) in [5, 5.41) is 9.30. The summed E-state index contributed by atoms with van der Waals surface area (Å²) in [5.41, 5.74) is 2.28. The highest BCUT2D eigenvalue weighted by atomic mass is 14.6. The van der Waals surface area contributed by atoms with Gasteiger partial charge in [0.2, 0.25) is 0 Å². The minimum atomic E-state index is -0.0890. The summed E-state index contributed by atoms with van der Waals surface area (Å²) in [6, 6.07) is 16.5. The standard InChI is InChI=1S/C16H16N2/c1-13(14-6-3-2-4-7-14)10-16(11-17)15-8-5-9-18-12-15/h2-9,12-13,16H,10H2,1H3/t13-,16-/m1/s1. The molecular formula is C16H16N2. The van der Waals surface area contributed by atoms with Gasteiger partial charge in [0.05, 0.1) is 12.0 Å². The van der Waals surface area contributed by atoms with Gasteiger partial charge in [-0.3, -0.25) is 4.98 Å². The molecule has 0 aliphatic rings. The van der Waals surface area contributed by atoms with E-state index in [2.05, 4.69) is 30.1 Å². The number of nitriles is 1. The number of pyridine rings is 1. The molecule has 2 nitrogen and oxygen atoms in total. The third-order valence-electron chi connectivity index (χ3n) is 3.20. The topological polar surface area (TPSA) is 36.7 Å². The van der Waals surface area contributed by atoms with Crippen molar-refractivity contribution < 1.29 is 0 Å². The van der Waals surface area contributed by atoms with Crippen LogP contribution in [0, 0.1) is 11.3 Å². The summed E-state index contributed by atoms with van der Waals surface area (Å²) in [6.45, 7) is 2.16. The fourth-order valence-corrected chi connectivity index (χ4v) is 2.12. The third kappa shape index (κ3) is 2.95. The van der Waals surface area contributed by atoms with Gasteiger partial charge < -0.3 is 0 Å². The number of aromatic nitrogens is 1. The molecule has 0 amide bonds. The van der Waals surface area contributed by atoms with Crippen molar-refractivity contribution in [1.29, 1.82) is 5.26 Å². The quantitative estimate of drug-likeness (QED) is 0.807. The van der Waals surface area contributed by atoms with Crippen molar-refractivity contribution in [3.63, 3.8) is 0 Å². The normalized spacial score (nSPS) is 13.6. The zero-order valence-corrected chi connectivity index (χ0v) is 10.5. The van der Waals surface area contributed by atoms with Gasteiger partial charge in [0.25, 0.3) is 0 Å². The van der Waals surface area contributed by atoms with Crippen LogP contribution in [0.4, 0.5) is 0 Å². The van der Waals surface area contributed by atoms with Crippen molar-refractivity contribution in [2.45, 2.75) is 25.2 Å². The van der Waals surface area contributed by atoms with Gasteiger partial charge in [-0.25, -0.2) is 0 Å². The number of rotatable bonds is 4. The molecular weight excluding hydrogens is 220 g/mol. The van der Waals surface area contributed by atoms with E-state index in [4.69, 9.17) is 0 Å². The fraction of sp³-hybridized carbons (Fsp3) is 0.250. The molecule has 0 N–H and O–H groups in total. The number of hydrogen-bond acceptors (Lipinski definition) is 2. The SMILES string of the molecule is C[C@H](C[C@H](C#N)c1cccnc1)c1ccccc1. The zero-order chi connectivity index (χ0) is 12.8.